The van der Waals surface area contributed by atoms with Crippen molar-refractivity contribution < 1.29 is 28.7 Å². The molecule has 0 heterocycles. The van der Waals surface area contributed by atoms with E-state index in [0.717, 1.165) is 30.4 Å². The fraction of sp³-hybridized carbons (Fsp3) is 0.500. The highest BCUT2D eigenvalue weighted by atomic mass is 16.5. The smallest absolute Gasteiger partial charge is 0.328 e. The first-order valence-corrected chi connectivity index (χ1v) is 14.4. The first-order valence-electron chi connectivity index (χ1n) is 14.4. The molecule has 0 aliphatic rings. The standard InChI is InChI=1S/C32H44N2O6/c1-3-5-6-7-8-15-20-29(35)33-27(4-2)31(37)34-28(32(38)40-24-26-18-13-10-14-19-26)21-22-30(36)39-23-25-16-11-9-12-17-25/h9-14,16-19,27-28H,3-8,15,20-24H2,1-2H3,(H,33,35)(H,34,37)/t27-,28+/m0/s1. The summed E-state index contributed by atoms with van der Waals surface area (Å²) in [7, 11) is 0. The van der Waals surface area contributed by atoms with Crippen molar-refractivity contribution >= 4 is 23.8 Å². The van der Waals surface area contributed by atoms with E-state index in [1.54, 1.807) is 6.92 Å². The highest BCUT2D eigenvalue weighted by Crippen LogP contribution is 2.10. The summed E-state index contributed by atoms with van der Waals surface area (Å²) >= 11 is 0. The molecule has 0 unspecified atom stereocenters. The van der Waals surface area contributed by atoms with Gasteiger partial charge in [0.15, 0.2) is 0 Å². The summed E-state index contributed by atoms with van der Waals surface area (Å²) in [5.74, 6) is -1.82. The van der Waals surface area contributed by atoms with Crippen molar-refractivity contribution in [2.45, 2.75) is 103 Å². The summed E-state index contributed by atoms with van der Waals surface area (Å²) in [5, 5.41) is 5.47. The molecule has 218 valence electrons. The van der Waals surface area contributed by atoms with Gasteiger partial charge in [-0.25, -0.2) is 4.79 Å². The second-order valence-electron chi connectivity index (χ2n) is 9.89. The number of carbonyl (C=O) groups is 4. The first-order chi connectivity index (χ1) is 19.4. The zero-order valence-corrected chi connectivity index (χ0v) is 23.9. The number of carbonyl (C=O) groups excluding carboxylic acids is 4. The molecular formula is C32H44N2O6. The van der Waals surface area contributed by atoms with Crippen molar-refractivity contribution in [2.24, 2.45) is 0 Å². The van der Waals surface area contributed by atoms with Crippen LogP contribution in [0.25, 0.3) is 0 Å². The SMILES string of the molecule is CCCCCCCCC(=O)N[C@@H](CC)C(=O)N[C@H](CCC(=O)OCc1ccccc1)C(=O)OCc1ccccc1. The van der Waals surface area contributed by atoms with Crippen molar-refractivity contribution in [1.29, 1.82) is 0 Å². The molecule has 0 aromatic heterocycles. The lowest BCUT2D eigenvalue weighted by molar-refractivity contribution is -0.150. The van der Waals surface area contributed by atoms with Crippen LogP contribution in [0.5, 0.6) is 0 Å². The molecule has 0 fully saturated rings. The third-order valence-corrected chi connectivity index (χ3v) is 6.52. The molecule has 2 amide bonds. The summed E-state index contributed by atoms with van der Waals surface area (Å²) in [4.78, 5) is 50.8. The Bertz CT molecular complexity index is 1030. The number of hydrogen-bond acceptors (Lipinski definition) is 6. The van der Waals surface area contributed by atoms with Crippen LogP contribution < -0.4 is 10.6 Å². The van der Waals surface area contributed by atoms with E-state index in [4.69, 9.17) is 9.47 Å². The van der Waals surface area contributed by atoms with Gasteiger partial charge in [-0.15, -0.1) is 0 Å². The molecule has 2 atom stereocenters. The minimum Gasteiger partial charge on any atom is -0.461 e. The quantitative estimate of drug-likeness (QED) is 0.179. The molecule has 40 heavy (non-hydrogen) atoms. The van der Waals surface area contributed by atoms with Gasteiger partial charge in [0.1, 0.15) is 25.3 Å². The van der Waals surface area contributed by atoms with Crippen LogP contribution in [0.2, 0.25) is 0 Å². The fourth-order valence-electron chi connectivity index (χ4n) is 4.11. The summed E-state index contributed by atoms with van der Waals surface area (Å²) < 4.78 is 10.8. The number of unbranched alkanes of at least 4 members (excludes halogenated alkanes) is 5. The van der Waals surface area contributed by atoms with Crippen LogP contribution in [0, 0.1) is 0 Å². The Labute approximate surface area is 238 Å². The predicted octanol–water partition coefficient (Wildman–Crippen LogP) is 5.38. The Morgan fingerprint density at radius 3 is 1.85 bits per heavy atom. The van der Waals surface area contributed by atoms with E-state index in [2.05, 4.69) is 17.6 Å². The van der Waals surface area contributed by atoms with Crippen LogP contribution in [0.4, 0.5) is 0 Å². The lowest BCUT2D eigenvalue weighted by Gasteiger charge is -2.22. The van der Waals surface area contributed by atoms with E-state index in [-0.39, 0.29) is 32.0 Å². The molecule has 0 bridgehead atoms. The van der Waals surface area contributed by atoms with Crippen molar-refractivity contribution in [2.75, 3.05) is 0 Å². The molecule has 8 nitrogen and oxygen atoms in total. The van der Waals surface area contributed by atoms with Crippen LogP contribution in [0.15, 0.2) is 60.7 Å². The number of rotatable bonds is 19. The van der Waals surface area contributed by atoms with Crippen LogP contribution in [-0.2, 0) is 41.9 Å². The van der Waals surface area contributed by atoms with E-state index < -0.39 is 29.9 Å². The Morgan fingerprint density at radius 2 is 1.25 bits per heavy atom. The molecular weight excluding hydrogens is 508 g/mol. The van der Waals surface area contributed by atoms with Gasteiger partial charge in [0.2, 0.25) is 11.8 Å². The third-order valence-electron chi connectivity index (χ3n) is 6.52. The zero-order chi connectivity index (χ0) is 29.0. The maximum atomic E-state index is 13.1. The van der Waals surface area contributed by atoms with Gasteiger partial charge in [-0.1, -0.05) is 107 Å². The predicted molar refractivity (Wildman–Crippen MR) is 154 cm³/mol. The third kappa shape index (κ3) is 13.4. The van der Waals surface area contributed by atoms with Gasteiger partial charge in [-0.3, -0.25) is 14.4 Å². The van der Waals surface area contributed by atoms with Crippen LogP contribution in [-0.4, -0.2) is 35.8 Å². The number of esters is 2. The van der Waals surface area contributed by atoms with Crippen molar-refractivity contribution in [3.05, 3.63) is 71.8 Å². The summed E-state index contributed by atoms with van der Waals surface area (Å²) in [6.07, 6.45) is 7.02. The summed E-state index contributed by atoms with van der Waals surface area (Å²) in [6.45, 7) is 4.11. The van der Waals surface area contributed by atoms with Crippen LogP contribution in [0.3, 0.4) is 0 Å². The minimum absolute atomic E-state index is 0.00905. The van der Waals surface area contributed by atoms with Gasteiger partial charge in [0.25, 0.3) is 0 Å². The van der Waals surface area contributed by atoms with Crippen molar-refractivity contribution in [1.82, 2.24) is 10.6 Å². The lowest BCUT2D eigenvalue weighted by atomic mass is 10.1. The van der Waals surface area contributed by atoms with Gasteiger partial charge >= 0.3 is 11.9 Å². The number of hydrogen-bond donors (Lipinski definition) is 2. The fourth-order valence-corrected chi connectivity index (χ4v) is 4.11. The average Bonchev–Trinajstić information content (AvgIpc) is 2.98. The van der Waals surface area contributed by atoms with E-state index >= 15 is 0 Å². The van der Waals surface area contributed by atoms with Gasteiger partial charge in [0, 0.05) is 12.8 Å². The first kappa shape index (κ1) is 32.5. The maximum absolute atomic E-state index is 13.1. The van der Waals surface area contributed by atoms with Gasteiger partial charge in [-0.2, -0.15) is 0 Å². The monoisotopic (exact) mass is 552 g/mol. The van der Waals surface area contributed by atoms with Crippen LogP contribution >= 0.6 is 0 Å². The molecule has 0 saturated carbocycles. The Hall–Kier alpha value is -3.68. The largest absolute Gasteiger partial charge is 0.461 e. The number of amides is 2. The van der Waals surface area contributed by atoms with Crippen molar-refractivity contribution in [3.8, 4) is 0 Å². The van der Waals surface area contributed by atoms with Gasteiger partial charge < -0.3 is 20.1 Å². The normalized spacial score (nSPS) is 12.2. The maximum Gasteiger partial charge on any atom is 0.328 e. The number of benzene rings is 2. The zero-order valence-electron chi connectivity index (χ0n) is 23.9. The molecule has 0 aliphatic carbocycles. The molecule has 2 N–H and O–H groups in total. The highest BCUT2D eigenvalue weighted by Gasteiger charge is 2.27. The van der Waals surface area contributed by atoms with E-state index in [1.807, 2.05) is 60.7 Å². The van der Waals surface area contributed by atoms with Crippen LogP contribution in [0.1, 0.15) is 89.2 Å². The Kier molecular flexibility index (Phi) is 15.8. The molecule has 2 rings (SSSR count). The Morgan fingerprint density at radius 1 is 0.675 bits per heavy atom. The summed E-state index contributed by atoms with van der Waals surface area (Å²) in [5.41, 5.74) is 1.65. The highest BCUT2D eigenvalue weighted by molar-refractivity contribution is 5.90. The molecule has 0 saturated heterocycles. The molecule has 0 aliphatic heterocycles. The lowest BCUT2D eigenvalue weighted by Crippen LogP contribution is -2.51. The number of ether oxygens (including phenoxy) is 2. The van der Waals surface area contributed by atoms with Gasteiger partial charge in [-0.05, 0) is 30.4 Å². The minimum atomic E-state index is -1.06. The second kappa shape index (κ2) is 19.4. The molecule has 0 spiro atoms. The molecule has 2 aromatic carbocycles. The number of nitrogens with one attached hydrogen (secondary N) is 2. The second-order valence-corrected chi connectivity index (χ2v) is 9.89. The van der Waals surface area contributed by atoms with E-state index in [1.165, 1.54) is 19.3 Å². The molecule has 2 aromatic rings. The molecule has 8 heteroatoms. The van der Waals surface area contributed by atoms with Crippen molar-refractivity contribution in [3.63, 3.8) is 0 Å². The van der Waals surface area contributed by atoms with E-state index in [0.29, 0.717) is 12.8 Å². The summed E-state index contributed by atoms with van der Waals surface area (Å²) in [6, 6.07) is 16.6. The average molecular weight is 553 g/mol. The van der Waals surface area contributed by atoms with E-state index in [9.17, 15) is 19.2 Å². The van der Waals surface area contributed by atoms with Gasteiger partial charge in [0.05, 0.1) is 0 Å². The topological polar surface area (TPSA) is 111 Å². The Balaban J connectivity index is 1.91. The molecule has 0 radical (unpaired) electrons.